The van der Waals surface area contributed by atoms with Crippen LogP contribution in [0.15, 0.2) is 194 Å². The number of benzene rings is 8. The van der Waals surface area contributed by atoms with Crippen molar-refractivity contribution in [1.82, 2.24) is 0 Å². The minimum absolute atomic E-state index is 0.110. The van der Waals surface area contributed by atoms with Gasteiger partial charge in [0.05, 0.1) is 0 Å². The zero-order chi connectivity index (χ0) is 32.8. The Morgan fingerprint density at radius 3 is 0.939 bits per heavy atom. The first-order chi connectivity index (χ1) is 24.3. The summed E-state index contributed by atoms with van der Waals surface area (Å²) in [5.74, 6) is 1.52. The first-order valence-electron chi connectivity index (χ1n) is 16.4. The smallest absolute Gasteiger partial charge is 0.529 e. The Morgan fingerprint density at radius 1 is 0.286 bits per heavy atom. The van der Waals surface area contributed by atoms with Crippen molar-refractivity contribution in [2.45, 2.75) is 0 Å². The van der Waals surface area contributed by atoms with Gasteiger partial charge in [0, 0.05) is 34.1 Å². The van der Waals surface area contributed by atoms with E-state index >= 15 is 0 Å². The van der Waals surface area contributed by atoms with Crippen molar-refractivity contribution in [2.24, 2.45) is 0 Å². The van der Waals surface area contributed by atoms with Gasteiger partial charge in [0.15, 0.2) is 0 Å². The Morgan fingerprint density at radius 2 is 0.592 bits per heavy atom. The molecule has 0 saturated carbocycles. The van der Waals surface area contributed by atoms with Gasteiger partial charge in [-0.1, -0.05) is 97.1 Å². The fourth-order valence-electron chi connectivity index (χ4n) is 6.25. The van der Waals surface area contributed by atoms with Crippen LogP contribution in [-0.4, -0.2) is 7.69 Å². The fourth-order valence-corrected chi connectivity index (χ4v) is 6.25. The van der Waals surface area contributed by atoms with E-state index in [-0.39, 0.29) is 7.69 Å². The van der Waals surface area contributed by atoms with E-state index in [2.05, 4.69) is 168 Å². The van der Waals surface area contributed by atoms with Crippen LogP contribution in [0.3, 0.4) is 0 Å². The molecule has 0 unspecified atom stereocenters. The molecular formula is C44H33BN2O2. The maximum atomic E-state index is 6.06. The van der Waals surface area contributed by atoms with E-state index in [9.17, 15) is 0 Å². The van der Waals surface area contributed by atoms with Crippen LogP contribution in [0, 0.1) is 0 Å². The molecule has 0 aliphatic heterocycles. The highest BCUT2D eigenvalue weighted by atomic mass is 16.6. The third-order valence-corrected chi connectivity index (χ3v) is 8.62. The van der Waals surface area contributed by atoms with E-state index in [1.54, 1.807) is 0 Å². The lowest BCUT2D eigenvalue weighted by Crippen LogP contribution is -2.11. The van der Waals surface area contributed by atoms with Crippen LogP contribution in [0.5, 0.6) is 11.5 Å². The average Bonchev–Trinajstić information content (AvgIpc) is 3.17. The highest BCUT2D eigenvalue weighted by molar-refractivity contribution is 6.21. The van der Waals surface area contributed by atoms with Gasteiger partial charge >= 0.3 is 7.69 Å². The predicted molar refractivity (Wildman–Crippen MR) is 206 cm³/mol. The largest absolute Gasteiger partial charge is 0.576 e. The van der Waals surface area contributed by atoms with Crippen molar-refractivity contribution in [3.05, 3.63) is 194 Å². The molecule has 0 atom stereocenters. The van der Waals surface area contributed by atoms with Gasteiger partial charge in [-0.15, -0.1) is 0 Å². The molecule has 4 nitrogen and oxygen atoms in total. The Kier molecular flexibility index (Phi) is 8.38. The van der Waals surface area contributed by atoms with Gasteiger partial charge in [0.2, 0.25) is 0 Å². The summed E-state index contributed by atoms with van der Waals surface area (Å²) in [6.07, 6.45) is 0. The SMILES string of the molecule is B(Oc1ccc2cc(N(c3ccccc3)c3ccccc3)ccc2c1)Oc1ccc2cc(N(c3ccccc3)c3ccccc3)ccc2c1. The number of fused-ring (bicyclic) bond motifs is 2. The van der Waals surface area contributed by atoms with E-state index in [1.807, 2.05) is 36.4 Å². The van der Waals surface area contributed by atoms with Crippen LogP contribution in [-0.2, 0) is 0 Å². The van der Waals surface area contributed by atoms with Gasteiger partial charge < -0.3 is 19.1 Å². The van der Waals surface area contributed by atoms with Crippen molar-refractivity contribution in [2.75, 3.05) is 9.80 Å². The monoisotopic (exact) mass is 632 g/mol. The second kappa shape index (κ2) is 13.7. The standard InChI is InChI=1S/C44H33BN2O2/c1-5-13-37(14-6-1)46(38-15-7-2-8-16-38)41-25-21-35-31-43(27-23-33(35)29-41)48-45-49-44-28-24-34-30-42(26-22-36(34)32-44)47(39-17-9-3-10-18-39)40-19-11-4-12-20-40/h1-32,45H. The van der Waals surface area contributed by atoms with Gasteiger partial charge in [-0.3, -0.25) is 0 Å². The van der Waals surface area contributed by atoms with Crippen LogP contribution in [0.4, 0.5) is 34.1 Å². The molecule has 0 aliphatic rings. The Bertz CT molecular complexity index is 2070. The molecule has 0 aliphatic carbocycles. The highest BCUT2D eigenvalue weighted by Crippen LogP contribution is 2.38. The maximum Gasteiger partial charge on any atom is 0.576 e. The number of nitrogens with zero attached hydrogens (tertiary/aromatic N) is 2. The number of para-hydroxylation sites is 4. The lowest BCUT2D eigenvalue weighted by molar-refractivity contribution is 0.460. The summed E-state index contributed by atoms with van der Waals surface area (Å²) in [5.41, 5.74) is 6.64. The minimum atomic E-state index is 0.110. The average molecular weight is 633 g/mol. The summed E-state index contributed by atoms with van der Waals surface area (Å²) in [6.45, 7) is 0. The van der Waals surface area contributed by atoms with Crippen LogP contribution in [0.25, 0.3) is 21.5 Å². The molecule has 8 rings (SSSR count). The molecule has 0 amide bonds. The van der Waals surface area contributed by atoms with E-state index in [0.717, 1.165) is 67.2 Å². The number of hydrogen-bond donors (Lipinski definition) is 0. The summed E-state index contributed by atoms with van der Waals surface area (Å²) in [6, 6.07) is 67.1. The summed E-state index contributed by atoms with van der Waals surface area (Å²) in [4.78, 5) is 4.54. The molecule has 49 heavy (non-hydrogen) atoms. The molecule has 0 N–H and O–H groups in total. The molecule has 0 fully saturated rings. The molecule has 8 aromatic carbocycles. The third-order valence-electron chi connectivity index (χ3n) is 8.62. The van der Waals surface area contributed by atoms with Gasteiger partial charge in [0.25, 0.3) is 0 Å². The Hall–Kier alpha value is -6.46. The number of hydrogen-bond acceptors (Lipinski definition) is 4. The predicted octanol–water partition coefficient (Wildman–Crippen LogP) is 11.7. The Balaban J connectivity index is 0.970. The van der Waals surface area contributed by atoms with Crippen LogP contribution in [0.1, 0.15) is 0 Å². The molecule has 0 saturated heterocycles. The third kappa shape index (κ3) is 6.56. The lowest BCUT2D eigenvalue weighted by atomic mass is 10.1. The molecular weight excluding hydrogens is 599 g/mol. The second-order valence-electron chi connectivity index (χ2n) is 11.8. The zero-order valence-corrected chi connectivity index (χ0v) is 26.9. The molecule has 0 heterocycles. The van der Waals surface area contributed by atoms with Crippen LogP contribution >= 0.6 is 0 Å². The van der Waals surface area contributed by atoms with E-state index in [0.29, 0.717) is 0 Å². The topological polar surface area (TPSA) is 24.9 Å². The van der Waals surface area contributed by atoms with Gasteiger partial charge in [0.1, 0.15) is 11.5 Å². The zero-order valence-electron chi connectivity index (χ0n) is 26.9. The summed E-state index contributed by atoms with van der Waals surface area (Å²) < 4.78 is 12.1. The van der Waals surface area contributed by atoms with Crippen molar-refractivity contribution in [1.29, 1.82) is 0 Å². The minimum Gasteiger partial charge on any atom is -0.529 e. The molecule has 5 heteroatoms. The summed E-state index contributed by atoms with van der Waals surface area (Å²) >= 11 is 0. The van der Waals surface area contributed by atoms with Crippen LogP contribution < -0.4 is 19.1 Å². The molecule has 0 radical (unpaired) electrons. The molecule has 234 valence electrons. The first kappa shape index (κ1) is 29.9. The summed E-state index contributed by atoms with van der Waals surface area (Å²) in [7, 11) is 0.110. The van der Waals surface area contributed by atoms with Crippen molar-refractivity contribution in [3.63, 3.8) is 0 Å². The maximum absolute atomic E-state index is 6.06. The number of rotatable bonds is 10. The lowest BCUT2D eigenvalue weighted by Gasteiger charge is -2.25. The van der Waals surface area contributed by atoms with Gasteiger partial charge in [-0.05, 0) is 119 Å². The number of anilines is 6. The first-order valence-corrected chi connectivity index (χ1v) is 16.4. The van der Waals surface area contributed by atoms with Gasteiger partial charge in [-0.25, -0.2) is 0 Å². The quantitative estimate of drug-likeness (QED) is 0.140. The van der Waals surface area contributed by atoms with E-state index in [4.69, 9.17) is 9.31 Å². The van der Waals surface area contributed by atoms with E-state index in [1.165, 1.54) is 0 Å². The van der Waals surface area contributed by atoms with Crippen molar-refractivity contribution in [3.8, 4) is 11.5 Å². The summed E-state index contributed by atoms with van der Waals surface area (Å²) in [5, 5.41) is 4.47. The normalized spacial score (nSPS) is 10.9. The Labute approximate surface area is 287 Å². The fraction of sp³-hybridized carbons (Fsp3) is 0. The van der Waals surface area contributed by atoms with Gasteiger partial charge in [-0.2, -0.15) is 0 Å². The molecule has 0 aromatic heterocycles. The second-order valence-corrected chi connectivity index (χ2v) is 11.8. The van der Waals surface area contributed by atoms with Crippen molar-refractivity contribution >= 4 is 63.4 Å². The molecule has 8 aromatic rings. The molecule has 0 bridgehead atoms. The highest BCUT2D eigenvalue weighted by Gasteiger charge is 2.14. The van der Waals surface area contributed by atoms with E-state index < -0.39 is 0 Å². The van der Waals surface area contributed by atoms with Crippen molar-refractivity contribution < 1.29 is 9.31 Å². The molecule has 0 spiro atoms. The van der Waals surface area contributed by atoms with Crippen LogP contribution in [0.2, 0.25) is 0 Å².